The summed E-state index contributed by atoms with van der Waals surface area (Å²) in [5.41, 5.74) is 2.15. The maximum atomic E-state index is 11.1. The van der Waals surface area contributed by atoms with E-state index in [1.54, 1.807) is 0 Å². The van der Waals surface area contributed by atoms with Crippen LogP contribution in [0.25, 0.3) is 0 Å². The minimum atomic E-state index is -1.08. The fourth-order valence-electron chi connectivity index (χ4n) is 1.52. The van der Waals surface area contributed by atoms with Crippen LogP contribution in [0.2, 0.25) is 0 Å². The largest absolute Gasteiger partial charge is 0.467 e. The van der Waals surface area contributed by atoms with Crippen LogP contribution in [0.4, 0.5) is 0 Å². The van der Waals surface area contributed by atoms with E-state index in [9.17, 15) is 9.90 Å². The van der Waals surface area contributed by atoms with Gasteiger partial charge in [0.2, 0.25) is 0 Å². The summed E-state index contributed by atoms with van der Waals surface area (Å²) in [5.74, 6) is -0.148. The van der Waals surface area contributed by atoms with Crippen LogP contribution in [-0.4, -0.2) is 24.3 Å². The van der Waals surface area contributed by atoms with Crippen molar-refractivity contribution >= 4 is 5.97 Å². The molecule has 0 aliphatic rings. The Morgan fingerprint density at radius 2 is 2.12 bits per heavy atom. The topological polar surface area (TPSA) is 46.5 Å². The Kier molecular flexibility index (Phi) is 4.50. The number of hydrogen-bond acceptors (Lipinski definition) is 3. The van der Waals surface area contributed by atoms with Crippen molar-refractivity contribution < 1.29 is 14.6 Å². The zero-order valence-corrected chi connectivity index (χ0v) is 9.93. The van der Waals surface area contributed by atoms with E-state index in [0.717, 1.165) is 5.56 Å². The Balaban J connectivity index is 2.74. The minimum absolute atomic E-state index is 0.299. The van der Waals surface area contributed by atoms with Crippen molar-refractivity contribution in [2.24, 2.45) is 0 Å². The van der Waals surface area contributed by atoms with Gasteiger partial charge in [0.25, 0.3) is 0 Å². The summed E-state index contributed by atoms with van der Waals surface area (Å²) in [6.45, 7) is 4.21. The van der Waals surface area contributed by atoms with Crippen molar-refractivity contribution in [2.45, 2.75) is 32.3 Å². The van der Waals surface area contributed by atoms with Gasteiger partial charge in [0.1, 0.15) is 0 Å². The number of rotatable bonds is 4. The third-order valence-corrected chi connectivity index (χ3v) is 2.52. The van der Waals surface area contributed by atoms with Crippen LogP contribution in [0, 0.1) is 0 Å². The molecule has 1 atom stereocenters. The number of methoxy groups -OCH3 is 1. The Labute approximate surface area is 96.1 Å². The first-order chi connectivity index (χ1) is 7.54. The number of carbonyl (C=O) groups is 1. The van der Waals surface area contributed by atoms with E-state index in [2.05, 4.69) is 18.6 Å². The molecular formula is C13H18O3. The van der Waals surface area contributed by atoms with E-state index < -0.39 is 12.1 Å². The summed E-state index contributed by atoms with van der Waals surface area (Å²) in [6.07, 6.45) is -0.778. The summed E-state index contributed by atoms with van der Waals surface area (Å²) in [6, 6.07) is 7.89. The van der Waals surface area contributed by atoms with Crippen LogP contribution in [0.1, 0.15) is 30.9 Å². The zero-order valence-electron chi connectivity index (χ0n) is 9.93. The van der Waals surface area contributed by atoms with Gasteiger partial charge in [-0.3, -0.25) is 0 Å². The summed E-state index contributed by atoms with van der Waals surface area (Å²) in [5, 5.41) is 9.53. The van der Waals surface area contributed by atoms with Crippen LogP contribution < -0.4 is 0 Å². The SMILES string of the molecule is COC(=O)C(O)Cc1cccc(C(C)C)c1. The molecule has 16 heavy (non-hydrogen) atoms. The number of esters is 1. The first kappa shape index (κ1) is 12.7. The molecular weight excluding hydrogens is 204 g/mol. The molecule has 0 aliphatic heterocycles. The Hall–Kier alpha value is -1.35. The second-order valence-electron chi connectivity index (χ2n) is 4.14. The average Bonchev–Trinajstić information content (AvgIpc) is 2.28. The van der Waals surface area contributed by atoms with Crippen molar-refractivity contribution in [3.63, 3.8) is 0 Å². The lowest BCUT2D eigenvalue weighted by Crippen LogP contribution is -2.24. The van der Waals surface area contributed by atoms with E-state index in [0.29, 0.717) is 12.3 Å². The Bertz CT molecular complexity index is 358. The number of benzene rings is 1. The highest BCUT2D eigenvalue weighted by atomic mass is 16.5. The number of hydrogen-bond donors (Lipinski definition) is 1. The first-order valence-electron chi connectivity index (χ1n) is 5.39. The third-order valence-electron chi connectivity index (χ3n) is 2.52. The highest BCUT2D eigenvalue weighted by Gasteiger charge is 2.15. The monoisotopic (exact) mass is 222 g/mol. The van der Waals surface area contributed by atoms with Crippen LogP contribution in [-0.2, 0) is 16.0 Å². The van der Waals surface area contributed by atoms with Crippen LogP contribution in [0.3, 0.4) is 0 Å². The predicted octanol–water partition coefficient (Wildman–Crippen LogP) is 1.89. The molecule has 0 saturated heterocycles. The van der Waals surface area contributed by atoms with Gasteiger partial charge in [-0.2, -0.15) is 0 Å². The van der Waals surface area contributed by atoms with Gasteiger partial charge >= 0.3 is 5.97 Å². The molecule has 0 bridgehead atoms. The van der Waals surface area contributed by atoms with Crippen molar-refractivity contribution in [3.05, 3.63) is 35.4 Å². The van der Waals surface area contributed by atoms with E-state index in [1.807, 2.05) is 24.3 Å². The molecule has 1 rings (SSSR count). The van der Waals surface area contributed by atoms with Crippen molar-refractivity contribution in [3.8, 4) is 0 Å². The molecule has 3 nitrogen and oxygen atoms in total. The maximum absolute atomic E-state index is 11.1. The highest BCUT2D eigenvalue weighted by molar-refractivity contribution is 5.74. The summed E-state index contributed by atoms with van der Waals surface area (Å²) < 4.78 is 4.47. The van der Waals surface area contributed by atoms with E-state index in [4.69, 9.17) is 0 Å². The number of aliphatic hydroxyl groups is 1. The van der Waals surface area contributed by atoms with E-state index in [1.165, 1.54) is 12.7 Å². The van der Waals surface area contributed by atoms with Gasteiger partial charge in [0, 0.05) is 6.42 Å². The molecule has 1 aromatic carbocycles. The lowest BCUT2D eigenvalue weighted by molar-refractivity contribution is -0.150. The van der Waals surface area contributed by atoms with E-state index in [-0.39, 0.29) is 0 Å². The smallest absolute Gasteiger partial charge is 0.335 e. The van der Waals surface area contributed by atoms with Crippen molar-refractivity contribution in [2.75, 3.05) is 7.11 Å². The molecule has 0 amide bonds. The number of carbonyl (C=O) groups excluding carboxylic acids is 1. The van der Waals surface area contributed by atoms with Gasteiger partial charge in [-0.1, -0.05) is 38.1 Å². The fourth-order valence-corrected chi connectivity index (χ4v) is 1.52. The standard InChI is InChI=1S/C13H18O3/c1-9(2)11-6-4-5-10(7-11)8-12(14)13(15)16-3/h4-7,9,12,14H,8H2,1-3H3. The quantitative estimate of drug-likeness (QED) is 0.791. The van der Waals surface area contributed by atoms with E-state index >= 15 is 0 Å². The molecule has 0 fully saturated rings. The van der Waals surface area contributed by atoms with Gasteiger partial charge in [0.15, 0.2) is 6.10 Å². The average molecular weight is 222 g/mol. The molecule has 1 aromatic rings. The second-order valence-corrected chi connectivity index (χ2v) is 4.14. The zero-order chi connectivity index (χ0) is 12.1. The highest BCUT2D eigenvalue weighted by Crippen LogP contribution is 2.16. The first-order valence-corrected chi connectivity index (χ1v) is 5.39. The van der Waals surface area contributed by atoms with Gasteiger partial charge in [-0.15, -0.1) is 0 Å². The Morgan fingerprint density at radius 3 is 2.69 bits per heavy atom. The van der Waals surface area contributed by atoms with Crippen LogP contribution >= 0.6 is 0 Å². The lowest BCUT2D eigenvalue weighted by atomic mass is 9.98. The maximum Gasteiger partial charge on any atom is 0.335 e. The van der Waals surface area contributed by atoms with Crippen molar-refractivity contribution in [1.82, 2.24) is 0 Å². The van der Waals surface area contributed by atoms with Crippen LogP contribution in [0.15, 0.2) is 24.3 Å². The third kappa shape index (κ3) is 3.35. The van der Waals surface area contributed by atoms with Crippen LogP contribution in [0.5, 0.6) is 0 Å². The molecule has 0 heterocycles. The molecule has 88 valence electrons. The molecule has 0 aromatic heterocycles. The summed E-state index contributed by atoms with van der Waals surface area (Å²) in [4.78, 5) is 11.1. The normalized spacial score (nSPS) is 12.6. The summed E-state index contributed by atoms with van der Waals surface area (Å²) in [7, 11) is 1.27. The molecule has 0 saturated carbocycles. The predicted molar refractivity (Wildman–Crippen MR) is 62.3 cm³/mol. The second kappa shape index (κ2) is 5.66. The van der Waals surface area contributed by atoms with Gasteiger partial charge in [-0.05, 0) is 17.0 Å². The number of ether oxygens (including phenoxy) is 1. The molecule has 3 heteroatoms. The molecule has 0 radical (unpaired) electrons. The molecule has 0 aliphatic carbocycles. The Morgan fingerprint density at radius 1 is 1.44 bits per heavy atom. The fraction of sp³-hybridized carbons (Fsp3) is 0.462. The molecule has 0 spiro atoms. The summed E-state index contributed by atoms with van der Waals surface area (Å²) >= 11 is 0. The minimum Gasteiger partial charge on any atom is -0.467 e. The molecule has 1 N–H and O–H groups in total. The van der Waals surface area contributed by atoms with Gasteiger partial charge in [-0.25, -0.2) is 4.79 Å². The number of aliphatic hydroxyl groups excluding tert-OH is 1. The molecule has 1 unspecified atom stereocenters. The van der Waals surface area contributed by atoms with Crippen molar-refractivity contribution in [1.29, 1.82) is 0 Å². The lowest BCUT2D eigenvalue weighted by Gasteiger charge is -2.11. The van der Waals surface area contributed by atoms with Gasteiger partial charge < -0.3 is 9.84 Å². The van der Waals surface area contributed by atoms with Gasteiger partial charge in [0.05, 0.1) is 7.11 Å².